The molecule has 2 aliphatic heterocycles. The number of piperidine rings is 1. The highest BCUT2D eigenvalue weighted by atomic mass is 16.2. The van der Waals surface area contributed by atoms with Crippen LogP contribution in [0.15, 0.2) is 18.2 Å². The third kappa shape index (κ3) is 1.26. The standard InChI is InChI=1S/C14H14N2O2/c17-13-10-7-11(10)14(18)16(13)9-4-3-8-2-1-5-15-12(8)6-9/h3-4,6,10-11,15H,1-2,5,7H2. The van der Waals surface area contributed by atoms with E-state index >= 15 is 0 Å². The SMILES string of the molecule is O=C1C2CC2C(=O)N1c1ccc2c(c1)NCCC2. The Hall–Kier alpha value is -1.84. The molecule has 92 valence electrons. The molecule has 2 amide bonds. The van der Waals surface area contributed by atoms with Crippen molar-refractivity contribution in [3.8, 4) is 0 Å². The summed E-state index contributed by atoms with van der Waals surface area (Å²) in [5.41, 5.74) is 3.07. The topological polar surface area (TPSA) is 49.4 Å². The quantitative estimate of drug-likeness (QED) is 0.760. The van der Waals surface area contributed by atoms with E-state index in [-0.39, 0.29) is 23.7 Å². The number of aryl methyl sites for hydroxylation is 1. The Kier molecular flexibility index (Phi) is 1.88. The summed E-state index contributed by atoms with van der Waals surface area (Å²) in [7, 11) is 0. The predicted molar refractivity (Wildman–Crippen MR) is 67.3 cm³/mol. The summed E-state index contributed by atoms with van der Waals surface area (Å²) in [5.74, 6) is -0.0792. The van der Waals surface area contributed by atoms with Crippen LogP contribution in [-0.2, 0) is 16.0 Å². The highest BCUT2D eigenvalue weighted by Gasteiger charge is 2.59. The van der Waals surface area contributed by atoms with Crippen molar-refractivity contribution in [3.63, 3.8) is 0 Å². The third-order valence-electron chi connectivity index (χ3n) is 4.16. The van der Waals surface area contributed by atoms with Gasteiger partial charge in [-0.1, -0.05) is 6.07 Å². The van der Waals surface area contributed by atoms with Gasteiger partial charge in [0.25, 0.3) is 0 Å². The molecular weight excluding hydrogens is 228 g/mol. The number of benzene rings is 1. The summed E-state index contributed by atoms with van der Waals surface area (Å²) in [5, 5.41) is 3.33. The van der Waals surface area contributed by atoms with Crippen LogP contribution in [0.25, 0.3) is 0 Å². The van der Waals surface area contributed by atoms with Crippen molar-refractivity contribution in [2.24, 2.45) is 11.8 Å². The number of imide groups is 1. The van der Waals surface area contributed by atoms with E-state index in [1.807, 2.05) is 18.2 Å². The Balaban J connectivity index is 1.73. The summed E-state index contributed by atoms with van der Waals surface area (Å²) in [6.07, 6.45) is 2.96. The second-order valence-electron chi connectivity index (χ2n) is 5.33. The molecule has 0 bridgehead atoms. The van der Waals surface area contributed by atoms with E-state index in [0.29, 0.717) is 0 Å². The third-order valence-corrected chi connectivity index (χ3v) is 4.16. The van der Waals surface area contributed by atoms with Crippen molar-refractivity contribution in [2.75, 3.05) is 16.8 Å². The average molecular weight is 242 g/mol. The fraction of sp³-hybridized carbons (Fsp3) is 0.429. The maximum atomic E-state index is 12.0. The first kappa shape index (κ1) is 10.1. The smallest absolute Gasteiger partial charge is 0.237 e. The molecule has 1 N–H and O–H groups in total. The van der Waals surface area contributed by atoms with Crippen molar-refractivity contribution in [1.29, 1.82) is 0 Å². The molecular formula is C14H14N2O2. The molecule has 0 aromatic heterocycles. The molecule has 2 unspecified atom stereocenters. The fourth-order valence-corrected chi connectivity index (χ4v) is 3.02. The first-order chi connectivity index (χ1) is 8.75. The number of anilines is 2. The molecule has 2 atom stereocenters. The lowest BCUT2D eigenvalue weighted by Gasteiger charge is -2.22. The molecule has 1 aliphatic carbocycles. The minimum atomic E-state index is -0.0264. The molecule has 2 fully saturated rings. The molecule has 1 aromatic carbocycles. The van der Waals surface area contributed by atoms with Gasteiger partial charge in [0.2, 0.25) is 11.8 Å². The fourth-order valence-electron chi connectivity index (χ4n) is 3.02. The van der Waals surface area contributed by atoms with Gasteiger partial charge in [-0.05, 0) is 37.0 Å². The second kappa shape index (κ2) is 3.34. The molecule has 1 saturated carbocycles. The summed E-state index contributed by atoms with van der Waals surface area (Å²) in [4.78, 5) is 25.4. The van der Waals surface area contributed by atoms with E-state index < -0.39 is 0 Å². The number of hydrogen-bond acceptors (Lipinski definition) is 3. The van der Waals surface area contributed by atoms with Crippen LogP contribution in [0.3, 0.4) is 0 Å². The number of nitrogens with zero attached hydrogens (tertiary/aromatic N) is 1. The Morgan fingerprint density at radius 3 is 2.72 bits per heavy atom. The lowest BCUT2D eigenvalue weighted by Crippen LogP contribution is -2.32. The van der Waals surface area contributed by atoms with Crippen LogP contribution in [-0.4, -0.2) is 18.4 Å². The van der Waals surface area contributed by atoms with E-state index in [0.717, 1.165) is 37.2 Å². The zero-order chi connectivity index (χ0) is 12.3. The van der Waals surface area contributed by atoms with Gasteiger partial charge in [-0.25, -0.2) is 4.90 Å². The van der Waals surface area contributed by atoms with Gasteiger partial charge in [-0.15, -0.1) is 0 Å². The number of hydrogen-bond donors (Lipinski definition) is 1. The molecule has 18 heavy (non-hydrogen) atoms. The number of rotatable bonds is 1. The highest BCUT2D eigenvalue weighted by Crippen LogP contribution is 2.48. The Morgan fingerprint density at radius 2 is 1.94 bits per heavy atom. The van der Waals surface area contributed by atoms with Crippen molar-refractivity contribution in [2.45, 2.75) is 19.3 Å². The molecule has 1 saturated heterocycles. The van der Waals surface area contributed by atoms with Crippen LogP contribution in [0.4, 0.5) is 11.4 Å². The summed E-state index contributed by atoms with van der Waals surface area (Å²) in [6, 6.07) is 5.86. The van der Waals surface area contributed by atoms with Gasteiger partial charge in [-0.2, -0.15) is 0 Å². The number of carbonyl (C=O) groups is 2. The van der Waals surface area contributed by atoms with Gasteiger partial charge >= 0.3 is 0 Å². The van der Waals surface area contributed by atoms with Gasteiger partial charge in [0.15, 0.2) is 0 Å². The number of fused-ring (bicyclic) bond motifs is 2. The maximum absolute atomic E-state index is 12.0. The Labute approximate surface area is 105 Å². The molecule has 4 rings (SSSR count). The Morgan fingerprint density at radius 1 is 1.17 bits per heavy atom. The largest absolute Gasteiger partial charge is 0.385 e. The van der Waals surface area contributed by atoms with Crippen LogP contribution in [0.2, 0.25) is 0 Å². The average Bonchev–Trinajstić information content (AvgIpc) is 3.14. The first-order valence-electron chi connectivity index (χ1n) is 6.50. The number of amides is 2. The maximum Gasteiger partial charge on any atom is 0.237 e. The van der Waals surface area contributed by atoms with E-state index in [1.54, 1.807) is 0 Å². The molecule has 3 aliphatic rings. The van der Waals surface area contributed by atoms with Crippen molar-refractivity contribution < 1.29 is 9.59 Å². The van der Waals surface area contributed by atoms with Gasteiger partial charge in [-0.3, -0.25) is 9.59 Å². The zero-order valence-electron chi connectivity index (χ0n) is 9.98. The lowest BCUT2D eigenvalue weighted by molar-refractivity contribution is -0.123. The van der Waals surface area contributed by atoms with Crippen LogP contribution in [0.1, 0.15) is 18.4 Å². The summed E-state index contributed by atoms with van der Waals surface area (Å²) < 4.78 is 0. The number of carbonyl (C=O) groups excluding carboxylic acids is 2. The van der Waals surface area contributed by atoms with Crippen molar-refractivity contribution in [3.05, 3.63) is 23.8 Å². The van der Waals surface area contributed by atoms with Gasteiger partial charge in [0.1, 0.15) is 0 Å². The van der Waals surface area contributed by atoms with Crippen LogP contribution in [0.5, 0.6) is 0 Å². The monoisotopic (exact) mass is 242 g/mol. The van der Waals surface area contributed by atoms with Crippen LogP contribution >= 0.6 is 0 Å². The zero-order valence-corrected chi connectivity index (χ0v) is 9.98. The first-order valence-corrected chi connectivity index (χ1v) is 6.50. The highest BCUT2D eigenvalue weighted by molar-refractivity contribution is 6.24. The molecule has 0 spiro atoms. The Bertz CT molecular complexity index is 547. The lowest BCUT2D eigenvalue weighted by atomic mass is 10.0. The molecule has 2 heterocycles. The van der Waals surface area contributed by atoms with E-state index in [2.05, 4.69) is 5.32 Å². The predicted octanol–water partition coefficient (Wildman–Crippen LogP) is 1.55. The molecule has 1 aromatic rings. The van der Waals surface area contributed by atoms with Gasteiger partial charge in [0, 0.05) is 12.2 Å². The van der Waals surface area contributed by atoms with Crippen LogP contribution < -0.4 is 10.2 Å². The molecule has 0 radical (unpaired) electrons. The van der Waals surface area contributed by atoms with Crippen LogP contribution in [0, 0.1) is 11.8 Å². The summed E-state index contributed by atoms with van der Waals surface area (Å²) >= 11 is 0. The van der Waals surface area contributed by atoms with E-state index in [1.165, 1.54) is 10.5 Å². The molecule has 4 heteroatoms. The molecule has 4 nitrogen and oxygen atoms in total. The van der Waals surface area contributed by atoms with Crippen molar-refractivity contribution >= 4 is 23.2 Å². The van der Waals surface area contributed by atoms with Crippen molar-refractivity contribution in [1.82, 2.24) is 0 Å². The van der Waals surface area contributed by atoms with Gasteiger partial charge in [0.05, 0.1) is 17.5 Å². The normalized spacial score (nSPS) is 28.8. The van der Waals surface area contributed by atoms with E-state index in [9.17, 15) is 9.59 Å². The minimum Gasteiger partial charge on any atom is -0.385 e. The second-order valence-corrected chi connectivity index (χ2v) is 5.33. The van der Waals surface area contributed by atoms with Gasteiger partial charge < -0.3 is 5.32 Å². The minimum absolute atomic E-state index is 0.0132. The van der Waals surface area contributed by atoms with E-state index in [4.69, 9.17) is 0 Å². The summed E-state index contributed by atoms with van der Waals surface area (Å²) in [6.45, 7) is 0.962. The number of nitrogens with one attached hydrogen (secondary N) is 1.